The van der Waals surface area contributed by atoms with Crippen molar-refractivity contribution in [1.82, 2.24) is 4.90 Å². The van der Waals surface area contributed by atoms with E-state index < -0.39 is 6.04 Å². The van der Waals surface area contributed by atoms with Crippen molar-refractivity contribution in [3.63, 3.8) is 0 Å². The standard InChI is InChI=1S/C20H23Cl2N3O2/c1-4-14-8-10-15(11-9-14)23-20(27)13(2)25(3)12-18(26)24-19-16(21)6-5-7-17(19)22/h5-11,13H,4,12H2,1-3H3,(H,23,27)(H,24,26). The Morgan fingerprint density at radius 2 is 1.63 bits per heavy atom. The molecule has 27 heavy (non-hydrogen) atoms. The van der Waals surface area contributed by atoms with Gasteiger partial charge in [-0.05, 0) is 50.2 Å². The van der Waals surface area contributed by atoms with Gasteiger partial charge in [0.1, 0.15) is 0 Å². The molecule has 0 aliphatic carbocycles. The van der Waals surface area contributed by atoms with Crippen LogP contribution in [0.5, 0.6) is 0 Å². The van der Waals surface area contributed by atoms with Crippen LogP contribution in [-0.4, -0.2) is 36.3 Å². The van der Waals surface area contributed by atoms with E-state index in [4.69, 9.17) is 23.2 Å². The zero-order chi connectivity index (χ0) is 20.0. The van der Waals surface area contributed by atoms with E-state index in [0.717, 1.165) is 12.1 Å². The van der Waals surface area contributed by atoms with Gasteiger partial charge >= 0.3 is 0 Å². The molecule has 0 saturated heterocycles. The summed E-state index contributed by atoms with van der Waals surface area (Å²) in [6.07, 6.45) is 0.942. The van der Waals surface area contributed by atoms with Gasteiger partial charge in [0, 0.05) is 5.69 Å². The Labute approximate surface area is 169 Å². The second-order valence-electron chi connectivity index (χ2n) is 6.28. The van der Waals surface area contributed by atoms with Gasteiger partial charge in [0.25, 0.3) is 0 Å². The van der Waals surface area contributed by atoms with E-state index in [0.29, 0.717) is 15.7 Å². The first-order valence-electron chi connectivity index (χ1n) is 8.65. The van der Waals surface area contributed by atoms with Gasteiger partial charge in [-0.1, -0.05) is 48.3 Å². The molecule has 2 N–H and O–H groups in total. The molecule has 0 aromatic heterocycles. The number of hydrogen-bond acceptors (Lipinski definition) is 3. The smallest absolute Gasteiger partial charge is 0.241 e. The first-order valence-corrected chi connectivity index (χ1v) is 9.41. The van der Waals surface area contributed by atoms with Crippen molar-refractivity contribution >= 4 is 46.4 Å². The summed E-state index contributed by atoms with van der Waals surface area (Å²) in [7, 11) is 1.71. The Bertz CT molecular complexity index is 789. The second-order valence-corrected chi connectivity index (χ2v) is 7.09. The maximum Gasteiger partial charge on any atom is 0.241 e. The van der Waals surface area contributed by atoms with Crippen LogP contribution in [0, 0.1) is 0 Å². The van der Waals surface area contributed by atoms with E-state index >= 15 is 0 Å². The summed E-state index contributed by atoms with van der Waals surface area (Å²) in [5.74, 6) is -0.496. The van der Waals surface area contributed by atoms with Crippen LogP contribution in [0.25, 0.3) is 0 Å². The first kappa shape index (κ1) is 21.2. The van der Waals surface area contributed by atoms with Gasteiger partial charge in [-0.15, -0.1) is 0 Å². The summed E-state index contributed by atoms with van der Waals surface area (Å²) in [6, 6.07) is 12.2. The summed E-state index contributed by atoms with van der Waals surface area (Å²) in [5.41, 5.74) is 2.30. The first-order chi connectivity index (χ1) is 12.8. The Hall–Kier alpha value is -2.08. The van der Waals surface area contributed by atoms with Gasteiger partial charge in [0.05, 0.1) is 28.3 Å². The van der Waals surface area contributed by atoms with Gasteiger partial charge in [-0.25, -0.2) is 0 Å². The highest BCUT2D eigenvalue weighted by Crippen LogP contribution is 2.29. The van der Waals surface area contributed by atoms with Crippen molar-refractivity contribution < 1.29 is 9.59 Å². The van der Waals surface area contributed by atoms with Crippen LogP contribution < -0.4 is 10.6 Å². The Morgan fingerprint density at radius 3 is 2.19 bits per heavy atom. The molecule has 1 atom stereocenters. The maximum atomic E-state index is 12.4. The quantitative estimate of drug-likeness (QED) is 0.712. The normalized spacial score (nSPS) is 11.9. The molecule has 2 amide bonds. The molecule has 5 nitrogen and oxygen atoms in total. The largest absolute Gasteiger partial charge is 0.325 e. The molecule has 2 aromatic carbocycles. The van der Waals surface area contributed by atoms with Crippen LogP contribution in [0.3, 0.4) is 0 Å². The average molecular weight is 408 g/mol. The van der Waals surface area contributed by atoms with Crippen molar-refractivity contribution in [2.24, 2.45) is 0 Å². The molecule has 0 spiro atoms. The topological polar surface area (TPSA) is 61.4 Å². The molecule has 2 rings (SSSR count). The van der Waals surface area contributed by atoms with Crippen molar-refractivity contribution in [3.8, 4) is 0 Å². The second kappa shape index (κ2) is 9.74. The Balaban J connectivity index is 1.92. The van der Waals surface area contributed by atoms with Crippen LogP contribution in [-0.2, 0) is 16.0 Å². The van der Waals surface area contributed by atoms with E-state index in [1.165, 1.54) is 5.56 Å². The molecular formula is C20H23Cl2N3O2. The molecular weight excluding hydrogens is 385 g/mol. The van der Waals surface area contributed by atoms with E-state index in [9.17, 15) is 9.59 Å². The molecule has 0 fully saturated rings. The minimum atomic E-state index is -0.497. The molecule has 0 saturated carbocycles. The summed E-state index contributed by atoms with van der Waals surface area (Å²) >= 11 is 12.1. The molecule has 0 aliphatic heterocycles. The maximum absolute atomic E-state index is 12.4. The number of aryl methyl sites for hydroxylation is 1. The lowest BCUT2D eigenvalue weighted by molar-refractivity contribution is -0.122. The van der Waals surface area contributed by atoms with Crippen LogP contribution in [0.1, 0.15) is 19.4 Å². The monoisotopic (exact) mass is 407 g/mol. The summed E-state index contributed by atoms with van der Waals surface area (Å²) in [4.78, 5) is 26.4. The molecule has 144 valence electrons. The van der Waals surface area contributed by atoms with Gasteiger partial charge in [-0.3, -0.25) is 14.5 Å². The summed E-state index contributed by atoms with van der Waals surface area (Å²) in [5, 5.41) is 6.27. The van der Waals surface area contributed by atoms with E-state index in [-0.39, 0.29) is 18.4 Å². The zero-order valence-corrected chi connectivity index (χ0v) is 17.1. The lowest BCUT2D eigenvalue weighted by Crippen LogP contribution is -2.43. The number of hydrogen-bond donors (Lipinski definition) is 2. The number of likely N-dealkylation sites (N-methyl/N-ethyl adjacent to an activating group) is 1. The number of nitrogens with one attached hydrogen (secondary N) is 2. The van der Waals surface area contributed by atoms with Gasteiger partial charge < -0.3 is 10.6 Å². The molecule has 0 aliphatic rings. The van der Waals surface area contributed by atoms with Crippen molar-refractivity contribution in [3.05, 3.63) is 58.1 Å². The fourth-order valence-corrected chi connectivity index (χ4v) is 2.92. The van der Waals surface area contributed by atoms with E-state index in [2.05, 4.69) is 17.6 Å². The number of benzene rings is 2. The minimum Gasteiger partial charge on any atom is -0.325 e. The number of carbonyl (C=O) groups is 2. The van der Waals surface area contributed by atoms with Gasteiger partial charge in [0.15, 0.2) is 0 Å². The molecule has 1 unspecified atom stereocenters. The third kappa shape index (κ3) is 5.96. The van der Waals surface area contributed by atoms with Gasteiger partial charge in [0.2, 0.25) is 11.8 Å². The van der Waals surface area contributed by atoms with Gasteiger partial charge in [-0.2, -0.15) is 0 Å². The number of amides is 2. The van der Waals surface area contributed by atoms with Crippen LogP contribution >= 0.6 is 23.2 Å². The fraction of sp³-hybridized carbons (Fsp3) is 0.300. The predicted molar refractivity (Wildman–Crippen MR) is 112 cm³/mol. The van der Waals surface area contributed by atoms with E-state index in [1.807, 2.05) is 24.3 Å². The zero-order valence-electron chi connectivity index (χ0n) is 15.6. The Morgan fingerprint density at radius 1 is 1.04 bits per heavy atom. The highest BCUT2D eigenvalue weighted by atomic mass is 35.5. The number of rotatable bonds is 7. The van der Waals surface area contributed by atoms with Crippen molar-refractivity contribution in [2.75, 3.05) is 24.2 Å². The number of halogens is 2. The average Bonchev–Trinajstić information content (AvgIpc) is 2.64. The minimum absolute atomic E-state index is 0.0188. The van der Waals surface area contributed by atoms with Crippen LogP contribution in [0.4, 0.5) is 11.4 Å². The molecule has 2 aromatic rings. The van der Waals surface area contributed by atoms with Crippen LogP contribution in [0.15, 0.2) is 42.5 Å². The fourth-order valence-electron chi connectivity index (χ4n) is 2.43. The van der Waals surface area contributed by atoms with Crippen molar-refractivity contribution in [1.29, 1.82) is 0 Å². The third-order valence-corrected chi connectivity index (χ3v) is 4.92. The Kier molecular flexibility index (Phi) is 7.66. The van der Waals surface area contributed by atoms with Crippen LogP contribution in [0.2, 0.25) is 10.0 Å². The number of para-hydroxylation sites is 1. The SMILES string of the molecule is CCc1ccc(NC(=O)C(C)N(C)CC(=O)Nc2c(Cl)cccc2Cl)cc1. The highest BCUT2D eigenvalue weighted by Gasteiger charge is 2.21. The predicted octanol–water partition coefficient (Wildman–Crippen LogP) is 4.45. The molecule has 0 bridgehead atoms. The van der Waals surface area contributed by atoms with Crippen molar-refractivity contribution in [2.45, 2.75) is 26.3 Å². The summed E-state index contributed by atoms with van der Waals surface area (Å²) < 4.78 is 0. The molecule has 0 heterocycles. The lowest BCUT2D eigenvalue weighted by Gasteiger charge is -2.23. The van der Waals surface area contributed by atoms with E-state index in [1.54, 1.807) is 37.1 Å². The number of carbonyl (C=O) groups excluding carboxylic acids is 2. The number of anilines is 2. The molecule has 7 heteroatoms. The lowest BCUT2D eigenvalue weighted by atomic mass is 10.1. The summed E-state index contributed by atoms with van der Waals surface area (Å²) in [6.45, 7) is 3.84. The third-order valence-electron chi connectivity index (χ3n) is 4.29. The highest BCUT2D eigenvalue weighted by molar-refractivity contribution is 6.39. The number of nitrogens with zero attached hydrogens (tertiary/aromatic N) is 1. The molecule has 0 radical (unpaired) electrons.